The molecule has 0 N–H and O–H groups in total. The smallest absolute Gasteiger partial charge is 0 e. The Labute approximate surface area is 521 Å². The molecule has 0 aromatic heterocycles. The van der Waals surface area contributed by atoms with Gasteiger partial charge in [0.25, 0.3) is 0 Å². The van der Waals surface area contributed by atoms with Gasteiger partial charge in [0.15, 0.2) is 0 Å². The SMILES string of the molecule is PP(P)P(P)P(P(P)P)P(P(P(P)P)P(P)P)P(P(P(P(P)P)P(P)P)P(P(P)P)P(P)P)P(P(P(P(P)P)P(P)P)P(P(P)P)P(P)P)P(P(P(P)P)P(P)P)P(P(P)P)P(P)P.[V]. The average molecular weight is 2100 g/mol. The summed E-state index contributed by atoms with van der Waals surface area (Å²) in [5, 5.41) is 0. The van der Waals surface area contributed by atoms with Crippen LogP contribution in [0.1, 0.15) is 0 Å². The predicted molar refractivity (Wildman–Crippen MR) is 535 cm³/mol. The molecule has 0 saturated carbocycles. The molecule has 0 spiro atoms. The van der Waals surface area contributed by atoms with Crippen molar-refractivity contribution in [2.24, 2.45) is 0 Å². The number of hydrogen-bond acceptors (Lipinski definition) is 0. The van der Waals surface area contributed by atoms with Crippen LogP contribution in [0.15, 0.2) is 0 Å². The van der Waals surface area contributed by atoms with Gasteiger partial charge in [-0.2, -0.15) is 0 Å². The van der Waals surface area contributed by atoms with Crippen molar-refractivity contribution in [3.05, 3.63) is 0 Å². The van der Waals surface area contributed by atoms with Crippen molar-refractivity contribution in [1.29, 1.82) is 0 Å². The van der Waals surface area contributed by atoms with Gasteiger partial charge in [-0.25, -0.2) is 0 Å². The van der Waals surface area contributed by atoms with E-state index >= 15 is 0 Å². The number of rotatable bonds is 30. The minimum atomic E-state index is -0.311. The average Bonchev–Trinajstić information content (AvgIpc) is 3.07. The zero-order valence-electron chi connectivity index (χ0n) is 33.4. The van der Waals surface area contributed by atoms with Crippen LogP contribution in [0.2, 0.25) is 0 Å². The van der Waals surface area contributed by atoms with Gasteiger partial charge in [0, 0.05) is 18.6 Å². The molecule has 0 saturated heterocycles. The Kier molecular flexibility index (Phi) is 76.3. The fraction of sp³-hybridized carbons (Fsp3) is 0. The van der Waals surface area contributed by atoms with Gasteiger partial charge < -0.3 is 0 Å². The summed E-state index contributed by atoms with van der Waals surface area (Å²) in [6.07, 6.45) is 0. The minimum absolute atomic E-state index is 0. The first-order chi connectivity index (χ1) is 29.1. The Hall–Kier alpha value is 28.1. The van der Waals surface area contributed by atoms with Crippen molar-refractivity contribution < 1.29 is 18.6 Å². The van der Waals surface area contributed by atoms with Crippen molar-refractivity contribution >= 4 is 511 Å². The van der Waals surface area contributed by atoms with Gasteiger partial charge in [0.2, 0.25) is 0 Å². The van der Waals surface area contributed by atoms with Crippen molar-refractivity contribution in [2.45, 2.75) is 0 Å². The maximum absolute atomic E-state index is 3.71. The Morgan fingerprint density at radius 1 is 0.108 bits per heavy atom. The van der Waals surface area contributed by atoms with E-state index in [-0.39, 0.29) is 235 Å². The maximum Gasteiger partial charge on any atom is 0 e. The molecular weight excluding hydrogens is 2030 g/mol. The van der Waals surface area contributed by atoms with Gasteiger partial charge in [0.05, 0.1) is 0 Å². The molecule has 0 aromatic carbocycles. The van der Waals surface area contributed by atoms with Gasteiger partial charge in [-0.3, -0.25) is 0 Å². The molecule has 0 heterocycles. The Morgan fingerprint density at radius 3 is 0.292 bits per heavy atom. The van der Waals surface area contributed by atoms with Crippen LogP contribution in [0, 0.1) is 0 Å². The van der Waals surface area contributed by atoms with Crippen molar-refractivity contribution in [3.63, 3.8) is 0 Å². The Balaban J connectivity index is 0. The summed E-state index contributed by atoms with van der Waals surface area (Å²) >= 11 is 0. The summed E-state index contributed by atoms with van der Waals surface area (Å²) in [5.41, 5.74) is 0. The van der Waals surface area contributed by atoms with Crippen molar-refractivity contribution in [3.8, 4) is 0 Å². The quantitative estimate of drug-likeness (QED) is 0.0629. The zero-order chi connectivity index (χ0) is 50.9. The van der Waals surface area contributed by atoms with E-state index < -0.39 is 0 Å². The van der Waals surface area contributed by atoms with Crippen molar-refractivity contribution in [2.75, 3.05) is 0 Å². The molecule has 0 rings (SSSR count). The normalized spacial score (nSPS) is 16.1. The topological polar surface area (TPSA) is 0 Å². The first-order valence-corrected chi connectivity index (χ1v) is 131. The summed E-state index contributed by atoms with van der Waals surface area (Å²) in [4.78, 5) is 0. The van der Waals surface area contributed by atoms with Crippen LogP contribution < -0.4 is 0 Å². The van der Waals surface area contributed by atoms with Crippen molar-refractivity contribution in [1.82, 2.24) is 0 Å². The van der Waals surface area contributed by atoms with Gasteiger partial charge in [-0.05, 0) is 217 Å². The van der Waals surface area contributed by atoms with Crippen LogP contribution in [0.5, 0.6) is 0 Å². The molecule has 0 fully saturated rings. The van der Waals surface area contributed by atoms with Gasteiger partial charge in [-0.15, -0.1) is 295 Å². The third kappa shape index (κ3) is 34.1. The molecule has 1 radical (unpaired) electrons. The van der Waals surface area contributed by atoms with E-state index in [4.69, 9.17) is 0 Å². The monoisotopic (exact) mass is 2100 g/mol. The first kappa shape index (κ1) is 95.2. The Morgan fingerprint density at radius 2 is 0.200 bits per heavy atom. The van der Waals surface area contributed by atoms with Crippen LogP contribution in [0.25, 0.3) is 0 Å². The van der Waals surface area contributed by atoms with Crippen LogP contribution in [-0.4, -0.2) is 0 Å². The van der Waals surface area contributed by atoms with Gasteiger partial charge >= 0.3 is 0 Å². The molecule has 65 heteroatoms. The van der Waals surface area contributed by atoms with E-state index in [1.165, 1.54) is 0 Å². The summed E-state index contributed by atoms with van der Waals surface area (Å²) in [6, 6.07) is 0. The van der Waals surface area contributed by atoms with Crippen LogP contribution in [0.4, 0.5) is 0 Å². The first-order valence-electron chi connectivity index (χ1n) is 14.5. The molecule has 0 aliphatic rings. The van der Waals surface area contributed by atoms with E-state index in [0.29, 0.717) is 0 Å². The molecule has 0 bridgehead atoms. The molecule has 0 amide bonds. The van der Waals surface area contributed by atoms with E-state index in [9.17, 15) is 0 Å². The standard InChI is InChI=1S/H66P64.V/c1-34(2)50(33)58(49(31)32)62(57(47(27)28)48(29)30)64(61(55(43(19)20)44(21)22)56(45(23)24)46(25)26)63(59(51(35(3)4)36(5)6)52(37(7)8)38(9)10)60(53(39(11)12)40(13)14)54(41(15)16)42(17)18;/h1-33H2;. The largest absolute Gasteiger partial charge is 0.102 e. The second-order valence-corrected chi connectivity index (χ2v) is 274. The second-order valence-electron chi connectivity index (χ2n) is 10.2. The maximum atomic E-state index is 3.71. The molecule has 0 aliphatic carbocycles. The molecule has 391 valence electrons. The molecule has 0 nitrogen and oxygen atoms in total. The Bertz CT molecular complexity index is 1030. The zero-order valence-corrected chi connectivity index (χ0v) is 101. The molecule has 65 heavy (non-hydrogen) atoms. The second kappa shape index (κ2) is 52.1. The van der Waals surface area contributed by atoms with Crippen LogP contribution in [0.3, 0.4) is 0 Å². The summed E-state index contributed by atoms with van der Waals surface area (Å²) < 4.78 is 0. The van der Waals surface area contributed by atoms with E-state index in [1.54, 1.807) is 0 Å². The van der Waals surface area contributed by atoms with Crippen LogP contribution in [-0.2, 0) is 18.6 Å². The van der Waals surface area contributed by atoms with Crippen LogP contribution >= 0.6 is 511 Å². The number of hydrogen-bond donors (Lipinski definition) is 0. The van der Waals surface area contributed by atoms with Gasteiger partial charge in [-0.1, -0.05) is 0 Å². The molecule has 0 aromatic rings. The third-order valence-corrected chi connectivity index (χ3v) is 453. The summed E-state index contributed by atoms with van der Waals surface area (Å²) in [6.45, 7) is -7.95. The summed E-state index contributed by atoms with van der Waals surface area (Å²) in [7, 11) is 118. The molecular formula is H66P64V. The molecule has 0 aliphatic heterocycles. The summed E-state index contributed by atoms with van der Waals surface area (Å²) in [5.74, 6) is 0. The molecule has 37 unspecified atom stereocenters. The van der Waals surface area contributed by atoms with E-state index in [1.807, 2.05) is 0 Å². The predicted octanol–water partition coefficient (Wildman–Crippen LogP) is 37.4. The minimum Gasteiger partial charge on any atom is -0.102 e. The van der Waals surface area contributed by atoms with Gasteiger partial charge in [0.1, 0.15) is 0 Å². The fourth-order valence-electron chi connectivity index (χ4n) is 3.79. The molecule has 37 atom stereocenters. The van der Waals surface area contributed by atoms with E-state index in [2.05, 4.69) is 295 Å². The van der Waals surface area contributed by atoms with E-state index in [0.717, 1.165) is 0 Å². The third-order valence-electron chi connectivity index (χ3n) is 5.60. The fourth-order valence-corrected chi connectivity index (χ4v) is 921.